The molecular weight excluding hydrogens is 110 g/mol. The molecule has 0 heterocycles. The van der Waals surface area contributed by atoms with E-state index in [1.165, 1.54) is 0 Å². The van der Waals surface area contributed by atoms with Gasteiger partial charge < -0.3 is 5.41 Å². The fourth-order valence-corrected chi connectivity index (χ4v) is 0.629. The van der Waals surface area contributed by atoms with Crippen LogP contribution in [0.2, 0.25) is 0 Å². The van der Waals surface area contributed by atoms with Gasteiger partial charge in [-0.2, -0.15) is 0 Å². The van der Waals surface area contributed by atoms with Gasteiger partial charge in [-0.15, -0.1) is 0 Å². The van der Waals surface area contributed by atoms with Crippen LogP contribution in [-0.2, 0) is 0 Å². The van der Waals surface area contributed by atoms with Gasteiger partial charge in [0.1, 0.15) is 0 Å². The molecule has 9 heavy (non-hydrogen) atoms. The molecule has 0 aliphatic heterocycles. The summed E-state index contributed by atoms with van der Waals surface area (Å²) in [5, 5.41) is 7.50. The zero-order valence-corrected chi connectivity index (χ0v) is 6.62. The molecule has 0 amide bonds. The van der Waals surface area contributed by atoms with E-state index in [1.54, 1.807) is 0 Å². The van der Waals surface area contributed by atoms with Crippen LogP contribution in [0, 0.1) is 17.7 Å². The lowest BCUT2D eigenvalue weighted by atomic mass is 9.83. The third kappa shape index (κ3) is 2.17. The van der Waals surface area contributed by atoms with Crippen molar-refractivity contribution in [1.82, 2.24) is 0 Å². The second-order valence-electron chi connectivity index (χ2n) is 2.97. The van der Waals surface area contributed by atoms with Crippen LogP contribution in [0.4, 0.5) is 0 Å². The van der Waals surface area contributed by atoms with Crippen molar-refractivity contribution in [1.29, 1.82) is 5.41 Å². The Morgan fingerprint density at radius 1 is 1.56 bits per heavy atom. The summed E-state index contributed by atoms with van der Waals surface area (Å²) < 4.78 is 0. The molecule has 1 N–H and O–H groups in total. The summed E-state index contributed by atoms with van der Waals surface area (Å²) in [5.74, 6) is 0. The van der Waals surface area contributed by atoms with E-state index >= 15 is 0 Å². The number of hydrogen-bond acceptors (Lipinski definition) is 1. The van der Waals surface area contributed by atoms with E-state index in [4.69, 9.17) is 5.41 Å². The van der Waals surface area contributed by atoms with Crippen molar-refractivity contribution in [3.63, 3.8) is 0 Å². The van der Waals surface area contributed by atoms with E-state index in [-0.39, 0.29) is 5.41 Å². The van der Waals surface area contributed by atoms with Crippen molar-refractivity contribution in [2.45, 2.75) is 33.6 Å². The number of nitrogens with one attached hydrogen (secondary N) is 1. The zero-order valence-electron chi connectivity index (χ0n) is 6.62. The Hall–Kier alpha value is -0.330. The monoisotopic (exact) mass is 126 g/mol. The molecule has 0 atom stereocenters. The highest BCUT2D eigenvalue weighted by Gasteiger charge is 2.18. The molecule has 0 saturated carbocycles. The SMILES string of the molecule is [CH2]CC(C)(C)C(=N)CC. The quantitative estimate of drug-likeness (QED) is 0.562. The predicted molar refractivity (Wildman–Crippen MR) is 41.8 cm³/mol. The maximum atomic E-state index is 7.50. The van der Waals surface area contributed by atoms with E-state index in [1.807, 2.05) is 6.92 Å². The van der Waals surface area contributed by atoms with Crippen molar-refractivity contribution in [2.24, 2.45) is 5.41 Å². The molecule has 0 aliphatic carbocycles. The number of rotatable bonds is 3. The minimum absolute atomic E-state index is 0.0226. The first kappa shape index (κ1) is 8.67. The van der Waals surface area contributed by atoms with E-state index < -0.39 is 0 Å². The summed E-state index contributed by atoms with van der Waals surface area (Å²) in [7, 11) is 0. The standard InChI is InChI=1S/C8H16N/c1-5-7(9)8(3,4)6-2/h9H,2,5-6H2,1,3-4H3. The lowest BCUT2D eigenvalue weighted by Gasteiger charge is -2.22. The molecule has 0 bridgehead atoms. The average molecular weight is 126 g/mol. The summed E-state index contributed by atoms with van der Waals surface area (Å²) in [6.45, 7) is 9.92. The first-order chi connectivity index (χ1) is 4.04. The summed E-state index contributed by atoms with van der Waals surface area (Å²) in [6.07, 6.45) is 1.67. The molecule has 1 radical (unpaired) electrons. The Morgan fingerprint density at radius 3 is 2.11 bits per heavy atom. The van der Waals surface area contributed by atoms with Gasteiger partial charge in [-0.05, 0) is 12.8 Å². The summed E-state index contributed by atoms with van der Waals surface area (Å²) in [6, 6.07) is 0. The van der Waals surface area contributed by atoms with Gasteiger partial charge in [0.15, 0.2) is 0 Å². The van der Waals surface area contributed by atoms with Gasteiger partial charge in [0.05, 0.1) is 0 Å². The maximum absolute atomic E-state index is 7.50. The Kier molecular flexibility index (Phi) is 2.89. The van der Waals surface area contributed by atoms with Crippen LogP contribution in [-0.4, -0.2) is 5.71 Å². The maximum Gasteiger partial charge on any atom is 0.0143 e. The van der Waals surface area contributed by atoms with Gasteiger partial charge in [-0.1, -0.05) is 27.7 Å². The van der Waals surface area contributed by atoms with Crippen molar-refractivity contribution in [3.05, 3.63) is 6.92 Å². The minimum atomic E-state index is 0.0226. The van der Waals surface area contributed by atoms with Crippen LogP contribution in [0.15, 0.2) is 0 Å². The summed E-state index contributed by atoms with van der Waals surface area (Å²) in [4.78, 5) is 0. The summed E-state index contributed by atoms with van der Waals surface area (Å²) in [5.41, 5.74) is 0.826. The van der Waals surface area contributed by atoms with E-state index in [9.17, 15) is 0 Å². The first-order valence-electron chi connectivity index (χ1n) is 3.41. The molecule has 1 heteroatoms. The van der Waals surface area contributed by atoms with Crippen LogP contribution in [0.3, 0.4) is 0 Å². The minimum Gasteiger partial charge on any atom is -0.309 e. The van der Waals surface area contributed by atoms with Crippen LogP contribution in [0.25, 0.3) is 0 Å². The van der Waals surface area contributed by atoms with Crippen molar-refractivity contribution in [3.8, 4) is 0 Å². The molecule has 0 fully saturated rings. The Morgan fingerprint density at radius 2 is 2.00 bits per heavy atom. The predicted octanol–water partition coefficient (Wildman–Crippen LogP) is 2.67. The lowest BCUT2D eigenvalue weighted by Crippen LogP contribution is -2.21. The smallest absolute Gasteiger partial charge is 0.0143 e. The van der Waals surface area contributed by atoms with Gasteiger partial charge in [-0.3, -0.25) is 0 Å². The van der Waals surface area contributed by atoms with Gasteiger partial charge >= 0.3 is 0 Å². The fourth-order valence-electron chi connectivity index (χ4n) is 0.629. The molecule has 53 valence electrons. The Bertz CT molecular complexity index is 103. The third-order valence-electron chi connectivity index (χ3n) is 1.80. The molecule has 0 aliphatic rings. The fraction of sp³-hybridized carbons (Fsp3) is 0.750. The molecule has 0 aromatic carbocycles. The molecule has 0 rings (SSSR count). The molecule has 1 nitrogen and oxygen atoms in total. The first-order valence-corrected chi connectivity index (χ1v) is 3.41. The average Bonchev–Trinajstić information content (AvgIpc) is 1.86. The largest absolute Gasteiger partial charge is 0.309 e. The topological polar surface area (TPSA) is 23.9 Å². The van der Waals surface area contributed by atoms with Crippen molar-refractivity contribution < 1.29 is 0 Å². The van der Waals surface area contributed by atoms with Crippen LogP contribution in [0.5, 0.6) is 0 Å². The number of hydrogen-bond donors (Lipinski definition) is 1. The lowest BCUT2D eigenvalue weighted by molar-refractivity contribution is 0.517. The van der Waals surface area contributed by atoms with Gasteiger partial charge in [-0.25, -0.2) is 0 Å². The van der Waals surface area contributed by atoms with E-state index in [0.29, 0.717) is 0 Å². The van der Waals surface area contributed by atoms with Gasteiger partial charge in [0.25, 0.3) is 0 Å². The highest BCUT2D eigenvalue weighted by Crippen LogP contribution is 2.21. The molecular formula is C8H16N. The summed E-state index contributed by atoms with van der Waals surface area (Å²) >= 11 is 0. The second kappa shape index (κ2) is 3.00. The molecule has 0 unspecified atom stereocenters. The van der Waals surface area contributed by atoms with Crippen LogP contribution < -0.4 is 0 Å². The second-order valence-corrected chi connectivity index (χ2v) is 2.97. The molecule has 0 aromatic heterocycles. The van der Waals surface area contributed by atoms with Crippen LogP contribution in [0.1, 0.15) is 33.6 Å². The Labute approximate surface area is 58.0 Å². The molecule has 0 aromatic rings. The molecule has 0 saturated heterocycles. The normalized spacial score (nSPS) is 11.6. The highest BCUT2D eigenvalue weighted by molar-refractivity contribution is 5.86. The van der Waals surface area contributed by atoms with Crippen molar-refractivity contribution in [2.75, 3.05) is 0 Å². The third-order valence-corrected chi connectivity index (χ3v) is 1.80. The molecule has 0 spiro atoms. The van der Waals surface area contributed by atoms with Gasteiger partial charge in [0, 0.05) is 11.1 Å². The van der Waals surface area contributed by atoms with E-state index in [2.05, 4.69) is 20.8 Å². The highest BCUT2D eigenvalue weighted by atomic mass is 14.5. The van der Waals surface area contributed by atoms with E-state index in [0.717, 1.165) is 18.6 Å². The zero-order chi connectivity index (χ0) is 7.49. The van der Waals surface area contributed by atoms with Crippen molar-refractivity contribution >= 4 is 5.71 Å². The van der Waals surface area contributed by atoms with Crippen LogP contribution >= 0.6 is 0 Å². The Balaban J connectivity index is 3.97. The van der Waals surface area contributed by atoms with Gasteiger partial charge in [0.2, 0.25) is 0 Å².